The summed E-state index contributed by atoms with van der Waals surface area (Å²) in [6, 6.07) is 8.82. The van der Waals surface area contributed by atoms with E-state index in [4.69, 9.17) is 0 Å². The third-order valence-corrected chi connectivity index (χ3v) is 4.56. The van der Waals surface area contributed by atoms with E-state index in [2.05, 4.69) is 29.6 Å². The third-order valence-electron chi connectivity index (χ3n) is 4.56. The van der Waals surface area contributed by atoms with E-state index in [0.29, 0.717) is 5.91 Å². The Morgan fingerprint density at radius 1 is 1.32 bits per heavy atom. The molecule has 1 N–H and O–H groups in total. The predicted molar refractivity (Wildman–Crippen MR) is 75.9 cm³/mol. The van der Waals surface area contributed by atoms with Gasteiger partial charge in [0.05, 0.1) is 12.0 Å². The highest BCUT2D eigenvalue weighted by Crippen LogP contribution is 2.35. The van der Waals surface area contributed by atoms with Crippen LogP contribution < -0.4 is 5.32 Å². The summed E-state index contributed by atoms with van der Waals surface area (Å²) in [5, 5.41) is 3.33. The molecule has 1 aliphatic carbocycles. The van der Waals surface area contributed by atoms with Crippen LogP contribution in [0.1, 0.15) is 36.4 Å². The molecule has 3 rings (SSSR count). The molecular formula is C16H22N2O. The first-order valence-corrected chi connectivity index (χ1v) is 7.32. The maximum Gasteiger partial charge on any atom is 0.227 e. The lowest BCUT2D eigenvalue weighted by atomic mass is 9.97. The van der Waals surface area contributed by atoms with Crippen molar-refractivity contribution in [1.29, 1.82) is 0 Å². The first-order valence-electron chi connectivity index (χ1n) is 7.32. The molecule has 19 heavy (non-hydrogen) atoms. The topological polar surface area (TPSA) is 32.3 Å². The van der Waals surface area contributed by atoms with Gasteiger partial charge in [-0.3, -0.25) is 4.79 Å². The fourth-order valence-corrected chi connectivity index (χ4v) is 3.44. The van der Waals surface area contributed by atoms with Crippen LogP contribution in [-0.4, -0.2) is 30.9 Å². The Morgan fingerprint density at radius 3 is 2.95 bits per heavy atom. The molecule has 2 aliphatic rings. The summed E-state index contributed by atoms with van der Waals surface area (Å²) < 4.78 is 0. The van der Waals surface area contributed by atoms with Crippen molar-refractivity contribution in [1.82, 2.24) is 10.2 Å². The number of fused-ring (bicyclic) bond motifs is 1. The summed E-state index contributed by atoms with van der Waals surface area (Å²) in [6.07, 6.45) is 4.32. The van der Waals surface area contributed by atoms with Gasteiger partial charge in [-0.05, 0) is 43.4 Å². The highest BCUT2D eigenvalue weighted by Gasteiger charge is 2.32. The van der Waals surface area contributed by atoms with Crippen LogP contribution in [0, 0.1) is 5.92 Å². The van der Waals surface area contributed by atoms with Gasteiger partial charge in [-0.15, -0.1) is 0 Å². The molecule has 3 heteroatoms. The molecule has 0 bridgehead atoms. The average Bonchev–Trinajstić information content (AvgIpc) is 2.90. The van der Waals surface area contributed by atoms with Crippen molar-refractivity contribution >= 4 is 5.91 Å². The van der Waals surface area contributed by atoms with Crippen molar-refractivity contribution in [2.45, 2.75) is 31.7 Å². The molecular weight excluding hydrogens is 236 g/mol. The number of nitrogens with zero attached hydrogens (tertiary/aromatic N) is 1. The van der Waals surface area contributed by atoms with Crippen LogP contribution in [0.3, 0.4) is 0 Å². The number of carbonyl (C=O) groups is 1. The van der Waals surface area contributed by atoms with E-state index in [1.165, 1.54) is 11.1 Å². The Balaban J connectivity index is 1.74. The van der Waals surface area contributed by atoms with Crippen LogP contribution in [-0.2, 0) is 11.2 Å². The Morgan fingerprint density at radius 2 is 2.16 bits per heavy atom. The molecule has 1 aliphatic heterocycles. The summed E-state index contributed by atoms with van der Waals surface area (Å²) in [6.45, 7) is 1.90. The molecule has 1 aromatic carbocycles. The van der Waals surface area contributed by atoms with Gasteiger partial charge in [0.15, 0.2) is 0 Å². The van der Waals surface area contributed by atoms with Gasteiger partial charge in [0.1, 0.15) is 0 Å². The summed E-state index contributed by atoms with van der Waals surface area (Å²) in [5.41, 5.74) is 2.76. The van der Waals surface area contributed by atoms with Crippen molar-refractivity contribution in [3.8, 4) is 0 Å². The molecule has 1 fully saturated rings. The lowest BCUT2D eigenvalue weighted by Gasteiger charge is -2.31. The second-order valence-corrected chi connectivity index (χ2v) is 5.75. The van der Waals surface area contributed by atoms with E-state index in [9.17, 15) is 4.79 Å². The quantitative estimate of drug-likeness (QED) is 0.881. The largest absolute Gasteiger partial charge is 0.338 e. The molecule has 0 saturated carbocycles. The lowest BCUT2D eigenvalue weighted by Crippen LogP contribution is -2.42. The highest BCUT2D eigenvalue weighted by atomic mass is 16.2. The number of aryl methyl sites for hydroxylation is 1. The Hall–Kier alpha value is -1.35. The van der Waals surface area contributed by atoms with E-state index >= 15 is 0 Å². The van der Waals surface area contributed by atoms with Crippen molar-refractivity contribution in [3.05, 3.63) is 35.4 Å². The summed E-state index contributed by atoms with van der Waals surface area (Å²) in [7, 11) is 1.98. The zero-order chi connectivity index (χ0) is 13.2. The zero-order valence-electron chi connectivity index (χ0n) is 11.6. The van der Waals surface area contributed by atoms with E-state index in [0.717, 1.165) is 38.8 Å². The SMILES string of the molecule is CN(C(=O)C1CCCNC1)C1CCc2ccccc21. The zero-order valence-corrected chi connectivity index (χ0v) is 11.6. The number of hydrogen-bond donors (Lipinski definition) is 1. The Bertz CT molecular complexity index is 466. The van der Waals surface area contributed by atoms with Gasteiger partial charge in [0, 0.05) is 13.6 Å². The number of amides is 1. The Labute approximate surface area is 115 Å². The molecule has 1 saturated heterocycles. The fourth-order valence-electron chi connectivity index (χ4n) is 3.44. The molecule has 0 spiro atoms. The number of piperidine rings is 1. The maximum absolute atomic E-state index is 12.6. The lowest BCUT2D eigenvalue weighted by molar-refractivity contribution is -0.137. The first-order chi connectivity index (χ1) is 9.27. The van der Waals surface area contributed by atoms with Crippen molar-refractivity contribution < 1.29 is 4.79 Å². The molecule has 0 aromatic heterocycles. The molecule has 2 unspecified atom stereocenters. The van der Waals surface area contributed by atoms with Crippen molar-refractivity contribution in [2.75, 3.05) is 20.1 Å². The van der Waals surface area contributed by atoms with Crippen LogP contribution in [0.25, 0.3) is 0 Å². The molecule has 0 radical (unpaired) electrons. The van der Waals surface area contributed by atoms with E-state index < -0.39 is 0 Å². The van der Waals surface area contributed by atoms with Crippen LogP contribution in [0.4, 0.5) is 0 Å². The summed E-state index contributed by atoms with van der Waals surface area (Å²) in [5.74, 6) is 0.486. The number of carbonyl (C=O) groups excluding carboxylic acids is 1. The number of benzene rings is 1. The summed E-state index contributed by atoms with van der Waals surface area (Å²) in [4.78, 5) is 14.6. The van der Waals surface area contributed by atoms with Crippen LogP contribution in [0.5, 0.6) is 0 Å². The predicted octanol–water partition coefficient (Wildman–Crippen LogP) is 2.13. The van der Waals surface area contributed by atoms with Gasteiger partial charge in [-0.2, -0.15) is 0 Å². The van der Waals surface area contributed by atoms with Crippen molar-refractivity contribution in [2.24, 2.45) is 5.92 Å². The monoisotopic (exact) mass is 258 g/mol. The minimum Gasteiger partial charge on any atom is -0.338 e. The second-order valence-electron chi connectivity index (χ2n) is 5.75. The standard InChI is InChI=1S/C16H22N2O/c1-18(16(19)13-6-4-10-17-11-13)15-9-8-12-5-2-3-7-14(12)15/h2-3,5,7,13,15,17H,4,6,8-11H2,1H3. The molecule has 2 atom stereocenters. The van der Waals surface area contributed by atoms with E-state index in [-0.39, 0.29) is 12.0 Å². The minimum absolute atomic E-state index is 0.173. The van der Waals surface area contributed by atoms with Gasteiger partial charge in [-0.1, -0.05) is 24.3 Å². The maximum atomic E-state index is 12.6. The van der Waals surface area contributed by atoms with Crippen LogP contribution >= 0.6 is 0 Å². The summed E-state index contributed by atoms with van der Waals surface area (Å²) >= 11 is 0. The minimum atomic E-state index is 0.173. The first kappa shape index (κ1) is 12.7. The normalized spacial score (nSPS) is 25.9. The second kappa shape index (κ2) is 5.33. The number of hydrogen-bond acceptors (Lipinski definition) is 2. The van der Waals surface area contributed by atoms with Gasteiger partial charge in [0.2, 0.25) is 5.91 Å². The smallest absolute Gasteiger partial charge is 0.227 e. The van der Waals surface area contributed by atoms with E-state index in [1.807, 2.05) is 11.9 Å². The van der Waals surface area contributed by atoms with Gasteiger partial charge in [-0.25, -0.2) is 0 Å². The molecule has 102 valence electrons. The van der Waals surface area contributed by atoms with Gasteiger partial charge >= 0.3 is 0 Å². The molecule has 1 heterocycles. The van der Waals surface area contributed by atoms with Crippen LogP contribution in [0.15, 0.2) is 24.3 Å². The van der Waals surface area contributed by atoms with Crippen LogP contribution in [0.2, 0.25) is 0 Å². The molecule has 1 amide bonds. The molecule has 1 aromatic rings. The van der Waals surface area contributed by atoms with Gasteiger partial charge in [0.25, 0.3) is 0 Å². The number of nitrogens with one attached hydrogen (secondary N) is 1. The fraction of sp³-hybridized carbons (Fsp3) is 0.562. The Kier molecular flexibility index (Phi) is 3.56. The average molecular weight is 258 g/mol. The number of rotatable bonds is 2. The molecule has 3 nitrogen and oxygen atoms in total. The van der Waals surface area contributed by atoms with E-state index in [1.54, 1.807) is 0 Å². The highest BCUT2D eigenvalue weighted by molar-refractivity contribution is 5.79. The van der Waals surface area contributed by atoms with Crippen molar-refractivity contribution in [3.63, 3.8) is 0 Å². The van der Waals surface area contributed by atoms with Gasteiger partial charge < -0.3 is 10.2 Å². The third kappa shape index (κ3) is 2.39.